The molecular formula is C9H17NO3. The van der Waals surface area contributed by atoms with Gasteiger partial charge in [0.15, 0.2) is 0 Å². The number of nitrogens with one attached hydrogen (secondary N) is 1. The summed E-state index contributed by atoms with van der Waals surface area (Å²) < 4.78 is 11.0. The van der Waals surface area contributed by atoms with Gasteiger partial charge in [-0.05, 0) is 12.8 Å². The van der Waals surface area contributed by atoms with E-state index in [1.807, 2.05) is 0 Å². The summed E-state index contributed by atoms with van der Waals surface area (Å²) in [4.78, 5) is 0. The van der Waals surface area contributed by atoms with E-state index in [9.17, 15) is 5.11 Å². The lowest BCUT2D eigenvalue weighted by molar-refractivity contribution is -0.0502. The predicted molar refractivity (Wildman–Crippen MR) is 47.6 cm³/mol. The lowest BCUT2D eigenvalue weighted by atomic mass is 10.2. The molecule has 2 saturated heterocycles. The molecule has 2 aliphatic rings. The van der Waals surface area contributed by atoms with Gasteiger partial charge in [0.1, 0.15) is 0 Å². The molecule has 0 aromatic heterocycles. The van der Waals surface area contributed by atoms with Crippen molar-refractivity contribution in [3.63, 3.8) is 0 Å². The summed E-state index contributed by atoms with van der Waals surface area (Å²) in [7, 11) is 0. The van der Waals surface area contributed by atoms with Gasteiger partial charge < -0.3 is 19.9 Å². The summed E-state index contributed by atoms with van der Waals surface area (Å²) in [5.41, 5.74) is 0. The quantitative estimate of drug-likeness (QED) is 0.626. The lowest BCUT2D eigenvalue weighted by Gasteiger charge is -2.17. The van der Waals surface area contributed by atoms with Crippen LogP contribution >= 0.6 is 0 Å². The molecule has 76 valence electrons. The standard InChI is InChI=1S/C9H17NO3/c11-8-4-10-5-9(8)13-6-7-2-1-3-12-7/h7-11H,1-6H2/t7-,8+,9+/m1/s1. The van der Waals surface area contributed by atoms with Crippen molar-refractivity contribution in [1.82, 2.24) is 5.32 Å². The summed E-state index contributed by atoms with van der Waals surface area (Å²) >= 11 is 0. The Morgan fingerprint density at radius 2 is 2.38 bits per heavy atom. The zero-order chi connectivity index (χ0) is 9.10. The molecule has 4 nitrogen and oxygen atoms in total. The van der Waals surface area contributed by atoms with Crippen LogP contribution in [0.3, 0.4) is 0 Å². The number of ether oxygens (including phenoxy) is 2. The maximum absolute atomic E-state index is 9.43. The van der Waals surface area contributed by atoms with Crippen LogP contribution in [0.15, 0.2) is 0 Å². The van der Waals surface area contributed by atoms with E-state index < -0.39 is 0 Å². The Labute approximate surface area is 78.2 Å². The minimum Gasteiger partial charge on any atom is -0.389 e. The molecule has 0 unspecified atom stereocenters. The fraction of sp³-hybridized carbons (Fsp3) is 1.00. The summed E-state index contributed by atoms with van der Waals surface area (Å²) in [6.07, 6.45) is 2.11. The summed E-state index contributed by atoms with van der Waals surface area (Å²) in [5, 5.41) is 12.5. The smallest absolute Gasteiger partial charge is 0.0971 e. The van der Waals surface area contributed by atoms with E-state index in [1.165, 1.54) is 0 Å². The Bertz CT molecular complexity index is 159. The van der Waals surface area contributed by atoms with Crippen LogP contribution in [0.5, 0.6) is 0 Å². The van der Waals surface area contributed by atoms with Crippen LogP contribution in [-0.4, -0.2) is 49.7 Å². The second-order valence-corrected chi connectivity index (χ2v) is 3.73. The minimum atomic E-state index is -0.346. The van der Waals surface area contributed by atoms with Gasteiger partial charge >= 0.3 is 0 Å². The normalized spacial score (nSPS) is 39.9. The van der Waals surface area contributed by atoms with Gasteiger partial charge in [0.25, 0.3) is 0 Å². The molecule has 0 amide bonds. The van der Waals surface area contributed by atoms with Crippen molar-refractivity contribution in [1.29, 1.82) is 0 Å². The maximum Gasteiger partial charge on any atom is 0.0971 e. The van der Waals surface area contributed by atoms with E-state index in [1.54, 1.807) is 0 Å². The highest BCUT2D eigenvalue weighted by Gasteiger charge is 2.27. The SMILES string of the molecule is O[C@H]1CNC[C@@H]1OC[C@H]1CCCO1. The zero-order valence-corrected chi connectivity index (χ0v) is 7.74. The van der Waals surface area contributed by atoms with Crippen molar-refractivity contribution < 1.29 is 14.6 Å². The third-order valence-electron chi connectivity index (χ3n) is 2.65. The second-order valence-electron chi connectivity index (χ2n) is 3.73. The number of hydrogen-bond acceptors (Lipinski definition) is 4. The van der Waals surface area contributed by atoms with Crippen molar-refractivity contribution in [3.8, 4) is 0 Å². The number of hydrogen-bond donors (Lipinski definition) is 2. The predicted octanol–water partition coefficient (Wildman–Crippen LogP) is -0.485. The molecule has 0 bridgehead atoms. The largest absolute Gasteiger partial charge is 0.389 e. The van der Waals surface area contributed by atoms with Crippen molar-refractivity contribution in [3.05, 3.63) is 0 Å². The number of aliphatic hydroxyl groups is 1. The topological polar surface area (TPSA) is 50.7 Å². The molecule has 13 heavy (non-hydrogen) atoms. The monoisotopic (exact) mass is 187 g/mol. The average Bonchev–Trinajstić information content (AvgIpc) is 2.72. The van der Waals surface area contributed by atoms with Crippen LogP contribution in [0.1, 0.15) is 12.8 Å². The van der Waals surface area contributed by atoms with E-state index in [-0.39, 0.29) is 18.3 Å². The summed E-state index contributed by atoms with van der Waals surface area (Å²) in [5.74, 6) is 0. The third kappa shape index (κ3) is 2.40. The molecule has 0 radical (unpaired) electrons. The molecule has 2 fully saturated rings. The average molecular weight is 187 g/mol. The van der Waals surface area contributed by atoms with E-state index >= 15 is 0 Å². The first-order valence-corrected chi connectivity index (χ1v) is 4.98. The van der Waals surface area contributed by atoms with Gasteiger partial charge in [-0.2, -0.15) is 0 Å². The molecule has 2 rings (SSSR count). The van der Waals surface area contributed by atoms with Crippen LogP contribution in [0.2, 0.25) is 0 Å². The van der Waals surface area contributed by atoms with Crippen LogP contribution in [0.4, 0.5) is 0 Å². The van der Waals surface area contributed by atoms with Crippen LogP contribution in [-0.2, 0) is 9.47 Å². The highest BCUT2D eigenvalue weighted by atomic mass is 16.5. The Morgan fingerprint density at radius 3 is 3.00 bits per heavy atom. The fourth-order valence-electron chi connectivity index (χ4n) is 1.82. The van der Waals surface area contributed by atoms with Crippen molar-refractivity contribution in [2.24, 2.45) is 0 Å². The van der Waals surface area contributed by atoms with Crippen molar-refractivity contribution >= 4 is 0 Å². The van der Waals surface area contributed by atoms with Gasteiger partial charge in [-0.1, -0.05) is 0 Å². The number of aliphatic hydroxyl groups excluding tert-OH is 1. The van der Waals surface area contributed by atoms with Gasteiger partial charge in [0.05, 0.1) is 24.9 Å². The molecule has 3 atom stereocenters. The Morgan fingerprint density at radius 1 is 1.46 bits per heavy atom. The highest BCUT2D eigenvalue weighted by molar-refractivity contribution is 4.81. The molecule has 2 N–H and O–H groups in total. The molecule has 0 aliphatic carbocycles. The zero-order valence-electron chi connectivity index (χ0n) is 7.74. The molecule has 2 aliphatic heterocycles. The minimum absolute atomic E-state index is 0.0378. The number of β-amino-alcohol motifs (C(OH)–C–C–N with tert-alkyl or cyclic N) is 1. The molecular weight excluding hydrogens is 170 g/mol. The first kappa shape index (κ1) is 9.40. The Balaban J connectivity index is 1.66. The summed E-state index contributed by atoms with van der Waals surface area (Å²) in [6.45, 7) is 2.90. The number of rotatable bonds is 3. The van der Waals surface area contributed by atoms with Crippen molar-refractivity contribution in [2.45, 2.75) is 31.2 Å². The van der Waals surface area contributed by atoms with E-state index in [2.05, 4.69) is 5.32 Å². The first-order chi connectivity index (χ1) is 6.36. The third-order valence-corrected chi connectivity index (χ3v) is 2.65. The maximum atomic E-state index is 9.43. The lowest BCUT2D eigenvalue weighted by Crippen LogP contribution is -2.30. The van der Waals surface area contributed by atoms with E-state index in [0.717, 1.165) is 26.0 Å². The molecule has 0 saturated carbocycles. The van der Waals surface area contributed by atoms with E-state index in [4.69, 9.17) is 9.47 Å². The van der Waals surface area contributed by atoms with Gasteiger partial charge in [-0.25, -0.2) is 0 Å². The van der Waals surface area contributed by atoms with Crippen LogP contribution < -0.4 is 5.32 Å². The van der Waals surface area contributed by atoms with Crippen LogP contribution in [0, 0.1) is 0 Å². The molecule has 2 heterocycles. The Hall–Kier alpha value is -0.160. The molecule has 0 aromatic carbocycles. The fourth-order valence-corrected chi connectivity index (χ4v) is 1.82. The van der Waals surface area contributed by atoms with Gasteiger partial charge in [0, 0.05) is 19.7 Å². The highest BCUT2D eigenvalue weighted by Crippen LogP contribution is 2.14. The van der Waals surface area contributed by atoms with Gasteiger partial charge in [-0.3, -0.25) is 0 Å². The summed E-state index contributed by atoms with van der Waals surface area (Å²) in [6, 6.07) is 0. The molecule has 0 spiro atoms. The van der Waals surface area contributed by atoms with Gasteiger partial charge in [-0.15, -0.1) is 0 Å². The first-order valence-electron chi connectivity index (χ1n) is 4.98. The molecule has 4 heteroatoms. The van der Waals surface area contributed by atoms with Crippen LogP contribution in [0.25, 0.3) is 0 Å². The van der Waals surface area contributed by atoms with Crippen molar-refractivity contribution in [2.75, 3.05) is 26.3 Å². The van der Waals surface area contributed by atoms with E-state index in [0.29, 0.717) is 13.2 Å². The Kier molecular flexibility index (Phi) is 3.16. The second kappa shape index (κ2) is 4.37. The molecule has 0 aromatic rings. The van der Waals surface area contributed by atoms with Gasteiger partial charge in [0.2, 0.25) is 0 Å².